The highest BCUT2D eigenvalue weighted by Crippen LogP contribution is 2.33. The summed E-state index contributed by atoms with van der Waals surface area (Å²) in [5.41, 5.74) is 1.07. The molecule has 1 N–H and O–H groups in total. The van der Waals surface area contributed by atoms with Crippen LogP contribution in [0.4, 0.5) is 0 Å². The predicted octanol–water partition coefficient (Wildman–Crippen LogP) is 3.89. The van der Waals surface area contributed by atoms with Crippen LogP contribution in [-0.2, 0) is 6.54 Å². The lowest BCUT2D eigenvalue weighted by Gasteiger charge is -2.13. The van der Waals surface area contributed by atoms with E-state index in [2.05, 4.69) is 19.2 Å². The standard InChI is InChI=1S/C12H17Cl2NO/c1-4-8(2)15-7-9-5-10(13)12(16-3)11(14)6-9/h5-6,8,15H,4,7H2,1-3H3. The van der Waals surface area contributed by atoms with Crippen LogP contribution in [0.15, 0.2) is 12.1 Å². The van der Waals surface area contributed by atoms with Gasteiger partial charge in [0.1, 0.15) is 0 Å². The van der Waals surface area contributed by atoms with Gasteiger partial charge in [0.05, 0.1) is 17.2 Å². The molecule has 0 aliphatic heterocycles. The van der Waals surface area contributed by atoms with Crippen molar-refractivity contribution in [1.82, 2.24) is 5.32 Å². The van der Waals surface area contributed by atoms with E-state index < -0.39 is 0 Å². The van der Waals surface area contributed by atoms with E-state index in [-0.39, 0.29) is 0 Å². The molecule has 1 atom stereocenters. The molecule has 0 radical (unpaired) electrons. The molecule has 1 aromatic carbocycles. The lowest BCUT2D eigenvalue weighted by Crippen LogP contribution is -2.24. The number of halogens is 2. The highest BCUT2D eigenvalue weighted by Gasteiger charge is 2.08. The van der Waals surface area contributed by atoms with Gasteiger partial charge in [0.25, 0.3) is 0 Å². The van der Waals surface area contributed by atoms with Gasteiger partial charge in [-0.25, -0.2) is 0 Å². The normalized spacial score (nSPS) is 12.6. The van der Waals surface area contributed by atoms with E-state index >= 15 is 0 Å². The molecular formula is C12H17Cl2NO. The predicted molar refractivity (Wildman–Crippen MR) is 69.6 cm³/mol. The minimum absolute atomic E-state index is 0.486. The topological polar surface area (TPSA) is 21.3 Å². The number of nitrogens with one attached hydrogen (secondary N) is 1. The van der Waals surface area contributed by atoms with Crippen LogP contribution in [0.25, 0.3) is 0 Å². The summed E-state index contributed by atoms with van der Waals surface area (Å²) < 4.78 is 5.09. The molecule has 0 saturated carbocycles. The van der Waals surface area contributed by atoms with Crippen LogP contribution in [-0.4, -0.2) is 13.2 Å². The zero-order chi connectivity index (χ0) is 12.1. The number of benzene rings is 1. The molecule has 0 aliphatic carbocycles. The Morgan fingerprint density at radius 1 is 1.31 bits per heavy atom. The van der Waals surface area contributed by atoms with Gasteiger partial charge in [-0.2, -0.15) is 0 Å². The van der Waals surface area contributed by atoms with Crippen molar-refractivity contribution in [1.29, 1.82) is 0 Å². The summed E-state index contributed by atoms with van der Waals surface area (Å²) in [6.07, 6.45) is 1.09. The molecule has 0 bridgehead atoms. The van der Waals surface area contributed by atoms with E-state index in [1.54, 1.807) is 7.11 Å². The van der Waals surface area contributed by atoms with E-state index in [9.17, 15) is 0 Å². The minimum Gasteiger partial charge on any atom is -0.494 e. The largest absolute Gasteiger partial charge is 0.494 e. The maximum Gasteiger partial charge on any atom is 0.156 e. The highest BCUT2D eigenvalue weighted by molar-refractivity contribution is 6.37. The fraction of sp³-hybridized carbons (Fsp3) is 0.500. The van der Waals surface area contributed by atoms with E-state index in [0.29, 0.717) is 21.8 Å². The third-order valence-corrected chi connectivity index (χ3v) is 3.09. The van der Waals surface area contributed by atoms with Crippen LogP contribution >= 0.6 is 23.2 Å². The summed E-state index contributed by atoms with van der Waals surface area (Å²) in [5.74, 6) is 0.538. The first-order valence-corrected chi connectivity index (χ1v) is 6.09. The third kappa shape index (κ3) is 3.55. The number of ether oxygens (including phenoxy) is 1. The van der Waals surface area contributed by atoms with E-state index in [1.165, 1.54) is 0 Å². The summed E-state index contributed by atoms with van der Waals surface area (Å²) in [7, 11) is 1.56. The first-order chi connectivity index (χ1) is 7.58. The molecule has 1 unspecified atom stereocenters. The number of hydrogen-bond donors (Lipinski definition) is 1. The van der Waals surface area contributed by atoms with Gasteiger partial charge in [0, 0.05) is 12.6 Å². The molecule has 0 aliphatic rings. The molecular weight excluding hydrogens is 245 g/mol. The Morgan fingerprint density at radius 3 is 2.31 bits per heavy atom. The van der Waals surface area contributed by atoms with Gasteiger partial charge in [0.2, 0.25) is 0 Å². The zero-order valence-electron chi connectivity index (χ0n) is 9.81. The van der Waals surface area contributed by atoms with Gasteiger partial charge in [-0.3, -0.25) is 0 Å². The number of hydrogen-bond acceptors (Lipinski definition) is 2. The molecule has 16 heavy (non-hydrogen) atoms. The van der Waals surface area contributed by atoms with Crippen molar-refractivity contribution in [2.75, 3.05) is 7.11 Å². The summed E-state index contributed by atoms with van der Waals surface area (Å²) in [6, 6.07) is 4.24. The second-order valence-electron chi connectivity index (χ2n) is 3.78. The lowest BCUT2D eigenvalue weighted by molar-refractivity contribution is 0.415. The first-order valence-electron chi connectivity index (χ1n) is 5.33. The monoisotopic (exact) mass is 261 g/mol. The van der Waals surface area contributed by atoms with Crippen molar-refractivity contribution in [3.8, 4) is 5.75 Å². The average Bonchev–Trinajstić information content (AvgIpc) is 2.25. The van der Waals surface area contributed by atoms with Crippen LogP contribution < -0.4 is 10.1 Å². The Bertz CT molecular complexity index is 332. The SMILES string of the molecule is CCC(C)NCc1cc(Cl)c(OC)c(Cl)c1. The first kappa shape index (κ1) is 13.6. The molecule has 0 heterocycles. The molecule has 4 heteroatoms. The molecule has 0 fully saturated rings. The second-order valence-corrected chi connectivity index (χ2v) is 4.60. The molecule has 90 valence electrons. The third-order valence-electron chi connectivity index (χ3n) is 2.53. The highest BCUT2D eigenvalue weighted by atomic mass is 35.5. The number of rotatable bonds is 5. The second kappa shape index (κ2) is 6.33. The summed E-state index contributed by atoms with van der Waals surface area (Å²) in [6.45, 7) is 5.05. The molecule has 0 amide bonds. The van der Waals surface area contributed by atoms with Gasteiger partial charge < -0.3 is 10.1 Å². The number of methoxy groups -OCH3 is 1. The van der Waals surface area contributed by atoms with E-state index in [0.717, 1.165) is 18.5 Å². The van der Waals surface area contributed by atoms with Gasteiger partial charge >= 0.3 is 0 Å². The molecule has 1 aromatic rings. The van der Waals surface area contributed by atoms with Crippen molar-refractivity contribution in [2.45, 2.75) is 32.9 Å². The van der Waals surface area contributed by atoms with Crippen LogP contribution in [0.2, 0.25) is 10.0 Å². The molecule has 1 rings (SSSR count). The molecule has 2 nitrogen and oxygen atoms in total. The maximum atomic E-state index is 6.05. The smallest absolute Gasteiger partial charge is 0.156 e. The van der Waals surface area contributed by atoms with Gasteiger partial charge in [-0.15, -0.1) is 0 Å². The van der Waals surface area contributed by atoms with E-state index in [1.807, 2.05) is 12.1 Å². The van der Waals surface area contributed by atoms with Gasteiger partial charge in [0.15, 0.2) is 5.75 Å². The van der Waals surface area contributed by atoms with Crippen molar-refractivity contribution >= 4 is 23.2 Å². The Morgan fingerprint density at radius 2 is 1.88 bits per heavy atom. The Kier molecular flexibility index (Phi) is 5.39. The molecule has 0 aromatic heterocycles. The molecule has 0 saturated heterocycles. The van der Waals surface area contributed by atoms with Crippen LogP contribution in [0, 0.1) is 0 Å². The lowest BCUT2D eigenvalue weighted by atomic mass is 10.2. The minimum atomic E-state index is 0.486. The van der Waals surface area contributed by atoms with Crippen molar-refractivity contribution in [3.05, 3.63) is 27.7 Å². The van der Waals surface area contributed by atoms with Gasteiger partial charge in [-0.1, -0.05) is 30.1 Å². The summed E-state index contributed by atoms with van der Waals surface area (Å²) >= 11 is 12.1. The van der Waals surface area contributed by atoms with Crippen molar-refractivity contribution < 1.29 is 4.74 Å². The fourth-order valence-electron chi connectivity index (χ4n) is 1.35. The van der Waals surface area contributed by atoms with Crippen molar-refractivity contribution in [3.63, 3.8) is 0 Å². The maximum absolute atomic E-state index is 6.05. The van der Waals surface area contributed by atoms with Crippen molar-refractivity contribution in [2.24, 2.45) is 0 Å². The Labute approximate surface area is 107 Å². The summed E-state index contributed by atoms with van der Waals surface area (Å²) in [5, 5.41) is 4.49. The average molecular weight is 262 g/mol. The van der Waals surface area contributed by atoms with Gasteiger partial charge in [-0.05, 0) is 31.0 Å². The Balaban J connectivity index is 2.76. The quantitative estimate of drug-likeness (QED) is 0.869. The molecule has 0 spiro atoms. The fourth-order valence-corrected chi connectivity index (χ4v) is 2.03. The van der Waals surface area contributed by atoms with Crippen LogP contribution in [0.3, 0.4) is 0 Å². The van der Waals surface area contributed by atoms with Crippen LogP contribution in [0.5, 0.6) is 5.75 Å². The van der Waals surface area contributed by atoms with Crippen LogP contribution in [0.1, 0.15) is 25.8 Å². The zero-order valence-corrected chi connectivity index (χ0v) is 11.3. The summed E-state index contributed by atoms with van der Waals surface area (Å²) in [4.78, 5) is 0. The van der Waals surface area contributed by atoms with E-state index in [4.69, 9.17) is 27.9 Å². The Hall–Kier alpha value is -0.440.